The molecule has 1 aliphatic heterocycles. The van der Waals surface area contributed by atoms with E-state index in [0.29, 0.717) is 11.0 Å². The highest BCUT2D eigenvalue weighted by atomic mass is 35.5. The van der Waals surface area contributed by atoms with Crippen molar-refractivity contribution in [3.8, 4) is 28.3 Å². The van der Waals surface area contributed by atoms with E-state index < -0.39 is 0 Å². The molecule has 1 saturated heterocycles. The molecule has 5 nitrogen and oxygen atoms in total. The number of rotatable bonds is 4. The molecule has 152 valence electrons. The SMILES string of the molecule is COc1nc2cc(-c3ccc(-c4ccc(C5CNCCO5)cc4)cc3)c(Cl)cc2[nH]1. The van der Waals surface area contributed by atoms with Crippen molar-refractivity contribution in [3.63, 3.8) is 0 Å². The standard InChI is InChI=1S/C24H22ClN3O2/c1-29-24-27-21-12-19(20(25)13-22(21)28-24)17-6-2-15(3-7-17)16-4-8-18(9-5-16)23-14-26-10-11-30-23/h2-9,12-13,23,26H,10-11,14H2,1H3,(H,27,28). The van der Waals surface area contributed by atoms with Crippen molar-refractivity contribution >= 4 is 22.6 Å². The number of morpholine rings is 1. The Bertz CT molecular complexity index is 1160. The summed E-state index contributed by atoms with van der Waals surface area (Å²) in [4.78, 5) is 7.51. The first-order valence-corrected chi connectivity index (χ1v) is 10.4. The largest absolute Gasteiger partial charge is 0.468 e. The third kappa shape index (κ3) is 3.67. The smallest absolute Gasteiger partial charge is 0.294 e. The number of imidazole rings is 1. The molecule has 0 bridgehead atoms. The van der Waals surface area contributed by atoms with Gasteiger partial charge in [0, 0.05) is 18.7 Å². The minimum absolute atomic E-state index is 0.132. The minimum atomic E-state index is 0.132. The van der Waals surface area contributed by atoms with Crippen molar-refractivity contribution in [3.05, 3.63) is 71.2 Å². The van der Waals surface area contributed by atoms with Gasteiger partial charge in [0.15, 0.2) is 0 Å². The molecule has 6 heteroatoms. The number of methoxy groups -OCH3 is 1. The zero-order valence-corrected chi connectivity index (χ0v) is 17.4. The summed E-state index contributed by atoms with van der Waals surface area (Å²) in [7, 11) is 1.59. The van der Waals surface area contributed by atoms with Crippen molar-refractivity contribution in [1.82, 2.24) is 15.3 Å². The molecule has 0 aliphatic carbocycles. The van der Waals surface area contributed by atoms with E-state index in [0.717, 1.165) is 47.4 Å². The van der Waals surface area contributed by atoms with Crippen molar-refractivity contribution in [1.29, 1.82) is 0 Å². The number of ether oxygens (including phenoxy) is 2. The third-order valence-electron chi connectivity index (χ3n) is 5.48. The average molecular weight is 420 g/mol. The molecule has 1 aliphatic rings. The van der Waals surface area contributed by atoms with Gasteiger partial charge >= 0.3 is 0 Å². The highest BCUT2D eigenvalue weighted by Gasteiger charge is 2.15. The fraction of sp³-hybridized carbons (Fsp3) is 0.208. The lowest BCUT2D eigenvalue weighted by Gasteiger charge is -2.24. The zero-order chi connectivity index (χ0) is 20.5. The summed E-state index contributed by atoms with van der Waals surface area (Å²) in [6, 6.07) is 21.4. The van der Waals surface area contributed by atoms with Gasteiger partial charge in [-0.2, -0.15) is 4.98 Å². The van der Waals surface area contributed by atoms with E-state index in [1.54, 1.807) is 7.11 Å². The topological polar surface area (TPSA) is 59.2 Å². The highest BCUT2D eigenvalue weighted by Crippen LogP contribution is 2.33. The van der Waals surface area contributed by atoms with Crippen LogP contribution in [0.15, 0.2) is 60.7 Å². The van der Waals surface area contributed by atoms with Crippen LogP contribution in [0.5, 0.6) is 6.01 Å². The summed E-state index contributed by atoms with van der Waals surface area (Å²) < 4.78 is 11.0. The molecule has 1 unspecified atom stereocenters. The fourth-order valence-electron chi connectivity index (χ4n) is 3.84. The summed E-state index contributed by atoms with van der Waals surface area (Å²) in [5.41, 5.74) is 7.21. The minimum Gasteiger partial charge on any atom is -0.468 e. The van der Waals surface area contributed by atoms with Gasteiger partial charge in [-0.25, -0.2) is 0 Å². The van der Waals surface area contributed by atoms with Gasteiger partial charge in [0.25, 0.3) is 6.01 Å². The van der Waals surface area contributed by atoms with Crippen LogP contribution in [-0.4, -0.2) is 36.8 Å². The highest BCUT2D eigenvalue weighted by molar-refractivity contribution is 6.34. The van der Waals surface area contributed by atoms with Gasteiger partial charge in [-0.1, -0.05) is 60.1 Å². The van der Waals surface area contributed by atoms with E-state index >= 15 is 0 Å². The molecule has 0 saturated carbocycles. The number of aromatic nitrogens is 2. The number of fused-ring (bicyclic) bond motifs is 1. The Hall–Kier alpha value is -2.86. The third-order valence-corrected chi connectivity index (χ3v) is 5.79. The molecule has 4 aromatic rings. The van der Waals surface area contributed by atoms with E-state index in [1.165, 1.54) is 11.1 Å². The number of hydrogen-bond acceptors (Lipinski definition) is 4. The monoisotopic (exact) mass is 419 g/mol. The summed E-state index contributed by atoms with van der Waals surface area (Å²) in [5.74, 6) is 0. The van der Waals surface area contributed by atoms with E-state index in [2.05, 4.69) is 63.8 Å². The molecule has 0 spiro atoms. The number of halogens is 1. The van der Waals surface area contributed by atoms with Crippen LogP contribution in [0.25, 0.3) is 33.3 Å². The lowest BCUT2D eigenvalue weighted by atomic mass is 9.98. The van der Waals surface area contributed by atoms with Gasteiger partial charge < -0.3 is 19.8 Å². The van der Waals surface area contributed by atoms with E-state index in [-0.39, 0.29) is 6.10 Å². The Morgan fingerprint density at radius 1 is 1.00 bits per heavy atom. The summed E-state index contributed by atoms with van der Waals surface area (Å²) in [5, 5.41) is 4.05. The summed E-state index contributed by atoms with van der Waals surface area (Å²) >= 11 is 6.53. The molecule has 30 heavy (non-hydrogen) atoms. The number of nitrogens with zero attached hydrogens (tertiary/aromatic N) is 1. The van der Waals surface area contributed by atoms with Gasteiger partial charge in [-0.3, -0.25) is 0 Å². The van der Waals surface area contributed by atoms with Crippen molar-refractivity contribution in [2.45, 2.75) is 6.10 Å². The number of benzene rings is 3. The molecule has 3 aromatic carbocycles. The fourth-order valence-corrected chi connectivity index (χ4v) is 4.11. The Morgan fingerprint density at radius 2 is 1.70 bits per heavy atom. The second-order valence-corrected chi connectivity index (χ2v) is 7.77. The van der Waals surface area contributed by atoms with Crippen LogP contribution in [0.1, 0.15) is 11.7 Å². The summed E-state index contributed by atoms with van der Waals surface area (Å²) in [6.07, 6.45) is 0.132. The van der Waals surface area contributed by atoms with Crippen LogP contribution >= 0.6 is 11.6 Å². The van der Waals surface area contributed by atoms with Crippen LogP contribution in [0.2, 0.25) is 5.02 Å². The lowest BCUT2D eigenvalue weighted by molar-refractivity contribution is 0.0277. The second kappa shape index (κ2) is 8.11. The quantitative estimate of drug-likeness (QED) is 0.476. The maximum atomic E-state index is 6.53. The Morgan fingerprint density at radius 3 is 2.37 bits per heavy atom. The molecule has 0 radical (unpaired) electrons. The molecule has 0 amide bonds. The molecule has 1 aromatic heterocycles. The first kappa shape index (κ1) is 19.1. The molecule has 2 heterocycles. The molecular weight excluding hydrogens is 398 g/mol. The first-order valence-electron chi connectivity index (χ1n) is 9.97. The van der Waals surface area contributed by atoms with Gasteiger partial charge in [0.05, 0.1) is 35.9 Å². The zero-order valence-electron chi connectivity index (χ0n) is 16.6. The molecule has 1 fully saturated rings. The number of H-pyrrole nitrogens is 1. The summed E-state index contributed by atoms with van der Waals surface area (Å²) in [6.45, 7) is 2.54. The Balaban J connectivity index is 1.40. The van der Waals surface area contributed by atoms with Gasteiger partial charge in [-0.05, 0) is 34.4 Å². The second-order valence-electron chi connectivity index (χ2n) is 7.36. The van der Waals surface area contributed by atoms with E-state index in [9.17, 15) is 0 Å². The normalized spacial score (nSPS) is 16.7. The van der Waals surface area contributed by atoms with Gasteiger partial charge in [-0.15, -0.1) is 0 Å². The van der Waals surface area contributed by atoms with Crippen LogP contribution in [0.4, 0.5) is 0 Å². The number of aromatic amines is 1. The maximum Gasteiger partial charge on any atom is 0.294 e. The molecule has 2 N–H and O–H groups in total. The van der Waals surface area contributed by atoms with Crippen molar-refractivity contribution in [2.75, 3.05) is 26.8 Å². The average Bonchev–Trinajstić information content (AvgIpc) is 3.21. The van der Waals surface area contributed by atoms with Crippen LogP contribution in [-0.2, 0) is 4.74 Å². The van der Waals surface area contributed by atoms with Gasteiger partial charge in [0.2, 0.25) is 0 Å². The first-order chi connectivity index (χ1) is 14.7. The van der Waals surface area contributed by atoms with Crippen molar-refractivity contribution < 1.29 is 9.47 Å². The molecule has 1 atom stereocenters. The maximum absolute atomic E-state index is 6.53. The number of hydrogen-bond donors (Lipinski definition) is 2. The lowest BCUT2D eigenvalue weighted by Crippen LogP contribution is -2.33. The van der Waals surface area contributed by atoms with Crippen molar-refractivity contribution in [2.24, 2.45) is 0 Å². The number of nitrogens with one attached hydrogen (secondary N) is 2. The van der Waals surface area contributed by atoms with Crippen LogP contribution < -0.4 is 10.1 Å². The molecular formula is C24H22ClN3O2. The van der Waals surface area contributed by atoms with Crippen LogP contribution in [0.3, 0.4) is 0 Å². The Labute approximate surface area is 180 Å². The Kier molecular flexibility index (Phi) is 5.17. The van der Waals surface area contributed by atoms with E-state index in [1.807, 2.05) is 12.1 Å². The van der Waals surface area contributed by atoms with E-state index in [4.69, 9.17) is 21.1 Å². The predicted molar refractivity (Wildman–Crippen MR) is 120 cm³/mol. The molecule has 5 rings (SSSR count). The van der Waals surface area contributed by atoms with Crippen LogP contribution in [0, 0.1) is 0 Å². The predicted octanol–water partition coefficient (Wildman–Crippen LogP) is 5.22. The van der Waals surface area contributed by atoms with Gasteiger partial charge in [0.1, 0.15) is 0 Å².